The number of guanidine groups is 2. The first kappa shape index (κ1) is 94.3. The normalized spacial score (nSPS) is 35.4. The SMILES string of the molecule is CC[C@@H](CO)NCCN[C@@H](CC)CO.CN[C@@H]1[C@H](O[C@H]2[C@H](O[C@H]3[C@H](O)[C@@H](O)[C@H](N=C(N)N)[C@@H](O)[C@@H]3N=C(N)N)O[C@@H](C)[C@]2(O)C=O)O[C@@H](CO)[C@H](O)[C@H]1O.CO[C@H]1/C=C/O[C@@]2(C)Oc3c(C)c(O)c4c(O)c(c(/C=N\N5CCN(C)CC5)c(O)c4c3C2=O)NC(=O)/C(C)=C\C=C\[C@H](C)[C@H](O)[C@@H](C)[C@@H](O)[C@@H](C)[C@H](OC(C)=O)[C@@H]1C. The number of hydrogen-bond donors (Lipinski definition) is 22. The van der Waals surface area contributed by atoms with Crippen LogP contribution in [0.15, 0.2) is 51.2 Å². The molecule has 3 saturated heterocycles. The van der Waals surface area contributed by atoms with E-state index in [2.05, 4.69) is 41.3 Å². The number of aliphatic hydroxyl groups is 11. The van der Waals surface area contributed by atoms with E-state index in [1.54, 1.807) is 44.9 Å². The predicted molar refractivity (Wildman–Crippen MR) is 412 cm³/mol. The molecule has 0 unspecified atom stereocenters. The number of aldehydes is 1. The molecule has 6 aliphatic heterocycles. The minimum atomic E-state index is -2.38. The molecule has 39 nitrogen and oxygen atoms in total. The van der Waals surface area contributed by atoms with Crippen LogP contribution in [0.5, 0.6) is 23.0 Å². The molecule has 26 atom stereocenters. The number of nitrogens with two attached hydrogens (primary N) is 4. The number of aromatic hydroxyl groups is 3. The smallest absolute Gasteiger partial charge is 0.312 e. The summed E-state index contributed by atoms with van der Waals surface area (Å²) in [4.78, 5) is 62.3. The third kappa shape index (κ3) is 21.9. The maximum Gasteiger partial charge on any atom is 0.312 e. The number of methoxy groups -OCH3 is 1. The van der Waals surface area contributed by atoms with E-state index < -0.39 is 199 Å². The van der Waals surface area contributed by atoms with E-state index in [1.807, 2.05) is 20.9 Å². The largest absolute Gasteiger partial charge is 0.507 e. The van der Waals surface area contributed by atoms with E-state index in [0.29, 0.717) is 13.1 Å². The van der Waals surface area contributed by atoms with Crippen LogP contribution in [0.3, 0.4) is 0 Å². The zero-order valence-electron chi connectivity index (χ0n) is 66.4. The molecule has 6 heterocycles. The molecule has 39 heteroatoms. The topological polar surface area (TPSA) is 621 Å². The fourth-order valence-corrected chi connectivity index (χ4v) is 14.2. The number of fused-ring (bicyclic) bond motifs is 14. The first-order valence-corrected chi connectivity index (χ1v) is 37.6. The summed E-state index contributed by atoms with van der Waals surface area (Å²) < 4.78 is 46.5. The van der Waals surface area contributed by atoms with Gasteiger partial charge in [-0.05, 0) is 53.8 Å². The van der Waals surface area contributed by atoms with Crippen molar-refractivity contribution in [2.24, 2.45) is 61.7 Å². The monoisotopic (exact) mass is 1610 g/mol. The van der Waals surface area contributed by atoms with Crippen LogP contribution in [0.25, 0.3) is 10.8 Å². The third-order valence-electron chi connectivity index (χ3n) is 21.6. The van der Waals surface area contributed by atoms with Crippen LogP contribution in [0.1, 0.15) is 104 Å². The maximum absolute atomic E-state index is 14.4. The second-order valence-corrected chi connectivity index (χ2v) is 29.5. The van der Waals surface area contributed by atoms with E-state index in [9.17, 15) is 80.5 Å². The van der Waals surface area contributed by atoms with Gasteiger partial charge in [-0.25, -0.2) is 9.98 Å². The summed E-state index contributed by atoms with van der Waals surface area (Å²) in [5, 5.41) is 168. The Morgan fingerprint density at radius 1 is 0.752 bits per heavy atom. The quantitative estimate of drug-likeness (QED) is 0.0101. The molecule has 1 amide bonds. The van der Waals surface area contributed by atoms with Gasteiger partial charge in [0.05, 0.1) is 85.0 Å². The van der Waals surface area contributed by atoms with E-state index in [0.717, 1.165) is 39.0 Å². The van der Waals surface area contributed by atoms with Crippen molar-refractivity contribution in [2.45, 2.75) is 223 Å². The molecule has 1 aliphatic carbocycles. The lowest BCUT2D eigenvalue weighted by Gasteiger charge is -2.45. The zero-order chi connectivity index (χ0) is 84.6. The van der Waals surface area contributed by atoms with Crippen LogP contribution < -0.4 is 48.9 Å². The number of phenols is 3. The molecule has 7 aliphatic rings. The standard InChI is InChI=1S/C43H58N4O12.C21H39N7O12.C10H24N2O2/c1-21-12-11-13-22(2)42(55)45-33-28(20-44-47-17-15-46(9)16-18-47)37(52)30-31(38(33)53)36(51)26(6)40-32(30)41(54)43(8,59-40)57-19-14-29(56-10)23(3)39(58-27(7)48)25(5)35(50)24(4)34(21)49;1-5-21(36,4-30)16(40-17-9(26-2)13(34)10(31)6(3-29)38-17)18(37-5)39-15-8(28-20(24)25)11(32)7(27-19(22)23)12(33)14(15)35;1-3-9(7-13)11-5-6-12-10(4-2)8-14/h11-14,19-21,23-25,29,34-35,39,49-53H,15-18H2,1-10H3,(H,45,55);4-18,26,29,31-36H,3H2,1-2H3,(H4,22,23,27)(H4,24,25,28);9-14H,3-8H2,1-2H3/b12-11+,19-14+,22-13-,44-20-;;/t21-,23+,24+,25+,29-,34-,35+,39+,43-;5-,6-,7+,8-,9-,10-,11+,12-,13-,14+,15+,16-,17-,18-,21+;9-,10-/m000/s1. The average molecular weight is 1610 g/mol. The number of benzene rings is 2. The number of ether oxygens (including phenoxy) is 8. The number of Topliss-reactive ketones (excluding diaryl/α,β-unsaturated/α-hetero) is 1. The Balaban J connectivity index is 0.000000316. The summed E-state index contributed by atoms with van der Waals surface area (Å²) >= 11 is 0. The number of amides is 1. The second-order valence-electron chi connectivity index (χ2n) is 29.5. The summed E-state index contributed by atoms with van der Waals surface area (Å²) in [6.07, 6.45) is -10.6. The van der Waals surface area contributed by atoms with Gasteiger partial charge in [0, 0.05) is 113 Å². The number of esters is 1. The summed E-state index contributed by atoms with van der Waals surface area (Å²) in [5.41, 5.74) is 19.0. The van der Waals surface area contributed by atoms with E-state index in [-0.39, 0.29) is 76.1 Å². The molecule has 4 fully saturated rings. The molecule has 5 bridgehead atoms. The Hall–Kier alpha value is -7.59. The van der Waals surface area contributed by atoms with Crippen LogP contribution in [-0.4, -0.2) is 337 Å². The molecule has 9 rings (SSSR count). The van der Waals surface area contributed by atoms with Gasteiger partial charge in [-0.2, -0.15) is 5.10 Å². The van der Waals surface area contributed by atoms with Crippen LogP contribution in [0.2, 0.25) is 0 Å². The molecule has 1 saturated carbocycles. The number of piperazine rings is 1. The number of carbonyl (C=O) groups excluding carboxylic acids is 4. The highest BCUT2D eigenvalue weighted by Gasteiger charge is 2.61. The van der Waals surface area contributed by atoms with E-state index in [1.165, 1.54) is 73.4 Å². The Kier molecular flexibility index (Phi) is 34.9. The van der Waals surface area contributed by atoms with Crippen molar-refractivity contribution in [3.8, 4) is 23.0 Å². The molecule has 0 radical (unpaired) electrons. The number of allylic oxidation sites excluding steroid dienone is 2. The number of phenolic OH excluding ortho intramolecular Hbond substituents is 3. The molecule has 638 valence electrons. The zero-order valence-corrected chi connectivity index (χ0v) is 66.4. The highest BCUT2D eigenvalue weighted by molar-refractivity contribution is 6.24. The second kappa shape index (κ2) is 41.8. The van der Waals surface area contributed by atoms with Gasteiger partial charge in [-0.15, -0.1) is 0 Å². The lowest BCUT2D eigenvalue weighted by Crippen LogP contribution is -2.66. The third-order valence-corrected chi connectivity index (χ3v) is 21.6. The molecular weight excluding hydrogens is 1490 g/mol. The molecule has 2 aromatic carbocycles. The number of nitrogens with one attached hydrogen (secondary N) is 4. The molecule has 113 heavy (non-hydrogen) atoms. The van der Waals surface area contributed by atoms with Gasteiger partial charge in [0.15, 0.2) is 42.1 Å². The minimum Gasteiger partial charge on any atom is -0.507 e. The lowest BCUT2D eigenvalue weighted by atomic mass is 9.78. The number of aliphatic imine (C=N–C) groups is 2. The Morgan fingerprint density at radius 3 is 1.89 bits per heavy atom. The Bertz CT molecular complexity index is 3670. The average Bonchev–Trinajstić information content (AvgIpc) is 1.60. The number of carbonyl (C=O) groups is 4. The van der Waals surface area contributed by atoms with Crippen molar-refractivity contribution in [1.82, 2.24) is 25.9 Å². The van der Waals surface area contributed by atoms with E-state index >= 15 is 0 Å². The summed E-state index contributed by atoms with van der Waals surface area (Å²) in [6, 6.07) is -3.68. The summed E-state index contributed by atoms with van der Waals surface area (Å²) in [6.45, 7) is 21.8. The van der Waals surface area contributed by atoms with Gasteiger partial charge < -0.3 is 158 Å². The number of ketones is 1. The van der Waals surface area contributed by atoms with Crippen molar-refractivity contribution < 1.29 is 129 Å². The first-order chi connectivity index (χ1) is 53.2. The Labute approximate surface area is 656 Å². The highest BCUT2D eigenvalue weighted by atomic mass is 16.8. The van der Waals surface area contributed by atoms with Gasteiger partial charge in [0.2, 0.25) is 0 Å². The molecule has 0 aromatic heterocycles. The minimum absolute atomic E-state index is 0.0559. The van der Waals surface area contributed by atoms with Gasteiger partial charge >= 0.3 is 11.8 Å². The highest BCUT2D eigenvalue weighted by Crippen LogP contribution is 2.55. The predicted octanol–water partition coefficient (Wildman–Crippen LogP) is -4.12. The Morgan fingerprint density at radius 2 is 1.35 bits per heavy atom. The van der Waals surface area contributed by atoms with Crippen molar-refractivity contribution in [2.75, 3.05) is 85.6 Å². The molecule has 2 aromatic rings. The van der Waals surface area contributed by atoms with Gasteiger partial charge in [-0.3, -0.25) is 24.2 Å². The van der Waals surface area contributed by atoms with E-state index in [4.69, 9.17) is 71.0 Å². The maximum atomic E-state index is 14.4. The number of rotatable bonds is 22. The van der Waals surface area contributed by atoms with Crippen molar-refractivity contribution in [3.63, 3.8) is 0 Å². The number of aliphatic hydroxyl groups excluding tert-OH is 10. The molecule has 0 spiro atoms. The van der Waals surface area contributed by atoms with Crippen LogP contribution >= 0.6 is 0 Å². The van der Waals surface area contributed by atoms with Crippen LogP contribution in [0, 0.1) is 30.6 Å². The fraction of sp³-hybridized carbons (Fsp3) is 0.689. The number of nitrogens with zero attached hydrogens (tertiary/aromatic N) is 5. The summed E-state index contributed by atoms with van der Waals surface area (Å²) in [7, 11) is 4.84. The number of hydrogen-bond acceptors (Lipinski definition) is 34. The summed E-state index contributed by atoms with van der Waals surface area (Å²) in [5.74, 6) is -9.38. The van der Waals surface area contributed by atoms with Gasteiger partial charge in [0.25, 0.3) is 11.7 Å². The van der Waals surface area contributed by atoms with Crippen molar-refractivity contribution in [3.05, 3.63) is 52.8 Å². The van der Waals surface area contributed by atoms with Crippen LogP contribution in [-0.2, 0) is 47.5 Å². The lowest BCUT2D eigenvalue weighted by molar-refractivity contribution is -0.314. The number of anilines is 1. The number of likely N-dealkylation sites (N-methyl/N-ethyl adjacent to an activating group) is 2. The fourth-order valence-electron chi connectivity index (χ4n) is 14.2. The number of hydrazone groups is 1. The van der Waals surface area contributed by atoms with Gasteiger partial charge in [-0.1, -0.05) is 59.8 Å². The molecule has 26 N–H and O–H groups in total. The first-order valence-electron chi connectivity index (χ1n) is 37.6. The van der Waals surface area contributed by atoms with Crippen molar-refractivity contribution >= 4 is 58.5 Å². The van der Waals surface area contributed by atoms with Gasteiger partial charge in [0.1, 0.15) is 84.3 Å². The van der Waals surface area contributed by atoms with Crippen molar-refractivity contribution in [1.29, 1.82) is 0 Å². The molecular formula is C74H121N13O26. The van der Waals surface area contributed by atoms with Crippen LogP contribution in [0.4, 0.5) is 5.69 Å².